The van der Waals surface area contributed by atoms with Gasteiger partial charge in [-0.2, -0.15) is 0 Å². The van der Waals surface area contributed by atoms with Crippen molar-refractivity contribution in [1.29, 1.82) is 0 Å². The second-order valence-corrected chi connectivity index (χ2v) is 7.86. The van der Waals surface area contributed by atoms with E-state index in [1.165, 1.54) is 4.90 Å². The van der Waals surface area contributed by atoms with Crippen molar-refractivity contribution in [3.63, 3.8) is 0 Å². The molecule has 0 bridgehead atoms. The maximum atomic E-state index is 12.7. The molecule has 2 amide bonds. The fourth-order valence-electron chi connectivity index (χ4n) is 3.88. The Labute approximate surface area is 176 Å². The van der Waals surface area contributed by atoms with Crippen LogP contribution in [-0.4, -0.2) is 80.6 Å². The number of amides is 2. The summed E-state index contributed by atoms with van der Waals surface area (Å²) in [6.45, 7) is 4.21. The summed E-state index contributed by atoms with van der Waals surface area (Å²) in [6, 6.07) is 16.9. The molecule has 1 fully saturated rings. The van der Waals surface area contributed by atoms with E-state index in [-0.39, 0.29) is 17.9 Å². The molecular weight excluding hydrogens is 382 g/mol. The summed E-state index contributed by atoms with van der Waals surface area (Å²) in [5, 5.41) is 0. The van der Waals surface area contributed by atoms with Gasteiger partial charge in [-0.1, -0.05) is 30.3 Å². The number of ether oxygens (including phenoxy) is 2. The molecule has 2 aliphatic heterocycles. The maximum absolute atomic E-state index is 12.7. The van der Waals surface area contributed by atoms with E-state index in [4.69, 9.17) is 9.47 Å². The number of rotatable bonds is 5. The van der Waals surface area contributed by atoms with Crippen LogP contribution in [0, 0.1) is 0 Å². The van der Waals surface area contributed by atoms with Crippen LogP contribution in [0.2, 0.25) is 0 Å². The van der Waals surface area contributed by atoms with Crippen LogP contribution in [0.25, 0.3) is 0 Å². The zero-order valence-electron chi connectivity index (χ0n) is 17.3. The van der Waals surface area contributed by atoms with Crippen molar-refractivity contribution in [2.24, 2.45) is 0 Å². The fraction of sp³-hybridized carbons (Fsp3) is 0.391. The first-order valence-corrected chi connectivity index (χ1v) is 10.4. The second kappa shape index (κ2) is 9.17. The average Bonchev–Trinajstić information content (AvgIpc) is 2.79. The smallest absolute Gasteiger partial charge is 0.277 e. The van der Waals surface area contributed by atoms with Crippen molar-refractivity contribution < 1.29 is 24.0 Å². The lowest BCUT2D eigenvalue weighted by atomic mass is 10.2. The molecule has 30 heavy (non-hydrogen) atoms. The van der Waals surface area contributed by atoms with Gasteiger partial charge in [0.1, 0.15) is 6.61 Å². The van der Waals surface area contributed by atoms with Crippen LogP contribution in [0.1, 0.15) is 10.4 Å². The van der Waals surface area contributed by atoms with Crippen LogP contribution >= 0.6 is 0 Å². The molecule has 4 rings (SSSR count). The van der Waals surface area contributed by atoms with Gasteiger partial charge in [-0.25, -0.2) is 0 Å². The molecule has 2 aromatic rings. The predicted molar refractivity (Wildman–Crippen MR) is 112 cm³/mol. The highest BCUT2D eigenvalue weighted by Crippen LogP contribution is 2.30. The third-order valence-electron chi connectivity index (χ3n) is 5.65. The molecule has 7 nitrogen and oxygen atoms in total. The Morgan fingerprint density at radius 1 is 1.03 bits per heavy atom. The van der Waals surface area contributed by atoms with Gasteiger partial charge in [0.15, 0.2) is 24.1 Å². The molecule has 1 atom stereocenters. The predicted octanol–water partition coefficient (Wildman–Crippen LogP) is 0.326. The molecule has 1 saturated heterocycles. The van der Waals surface area contributed by atoms with E-state index in [2.05, 4.69) is 0 Å². The zero-order valence-corrected chi connectivity index (χ0v) is 17.3. The van der Waals surface area contributed by atoms with Crippen molar-refractivity contribution in [2.45, 2.75) is 6.10 Å². The molecule has 2 heterocycles. The minimum atomic E-state index is -0.177. The van der Waals surface area contributed by atoms with Gasteiger partial charge in [0, 0.05) is 12.6 Å². The molecule has 158 valence electrons. The van der Waals surface area contributed by atoms with Crippen LogP contribution in [0.15, 0.2) is 54.6 Å². The van der Waals surface area contributed by atoms with Crippen LogP contribution in [0.5, 0.6) is 11.5 Å². The van der Waals surface area contributed by atoms with Gasteiger partial charge >= 0.3 is 0 Å². The standard InChI is InChI=1S/C23H27N3O4/c1-24(15-19-17-29-20-9-5-6-10-21(20)30-19)22(27)16-25-11-13-26(14-12-25)23(28)18-7-3-2-4-8-18/h2-10,19H,11-17H2,1H3/p+1/t19-/m0/s1. The maximum Gasteiger partial charge on any atom is 0.277 e. The molecule has 0 aromatic heterocycles. The molecule has 0 unspecified atom stereocenters. The number of nitrogens with one attached hydrogen (secondary N) is 1. The zero-order chi connectivity index (χ0) is 20.9. The lowest BCUT2D eigenvalue weighted by molar-refractivity contribution is -0.896. The molecule has 2 aliphatic rings. The van der Waals surface area contributed by atoms with Gasteiger partial charge in [0.2, 0.25) is 0 Å². The van der Waals surface area contributed by atoms with Crippen molar-refractivity contribution in [3.05, 3.63) is 60.2 Å². The number of benzene rings is 2. The Balaban J connectivity index is 1.22. The summed E-state index contributed by atoms with van der Waals surface area (Å²) in [4.78, 5) is 30.1. The topological polar surface area (TPSA) is 63.5 Å². The van der Waals surface area contributed by atoms with Gasteiger partial charge in [0.25, 0.3) is 11.8 Å². The van der Waals surface area contributed by atoms with Crippen molar-refractivity contribution in [1.82, 2.24) is 9.80 Å². The highest BCUT2D eigenvalue weighted by atomic mass is 16.6. The molecule has 0 saturated carbocycles. The average molecular weight is 410 g/mol. The first-order chi connectivity index (χ1) is 14.6. The third kappa shape index (κ3) is 4.74. The molecule has 1 N–H and O–H groups in total. The number of likely N-dealkylation sites (N-methyl/N-ethyl adjacent to an activating group) is 1. The van der Waals surface area contributed by atoms with Crippen molar-refractivity contribution >= 4 is 11.8 Å². The number of carbonyl (C=O) groups is 2. The van der Waals surface area contributed by atoms with E-state index < -0.39 is 0 Å². The van der Waals surface area contributed by atoms with E-state index >= 15 is 0 Å². The summed E-state index contributed by atoms with van der Waals surface area (Å²) < 4.78 is 11.7. The third-order valence-corrected chi connectivity index (χ3v) is 5.65. The Kier molecular flexibility index (Phi) is 6.18. The Morgan fingerprint density at radius 2 is 1.70 bits per heavy atom. The molecule has 2 aromatic carbocycles. The Bertz CT molecular complexity index is 881. The van der Waals surface area contributed by atoms with Crippen LogP contribution in [0.4, 0.5) is 0 Å². The summed E-state index contributed by atoms with van der Waals surface area (Å²) in [7, 11) is 1.81. The Hall–Kier alpha value is -3.06. The van der Waals surface area contributed by atoms with Crippen molar-refractivity contribution in [3.8, 4) is 11.5 Å². The van der Waals surface area contributed by atoms with E-state index in [1.807, 2.05) is 59.5 Å². The number of nitrogens with zero attached hydrogens (tertiary/aromatic N) is 2. The minimum absolute atomic E-state index is 0.0628. The second-order valence-electron chi connectivity index (χ2n) is 7.86. The lowest BCUT2D eigenvalue weighted by Crippen LogP contribution is -3.15. The summed E-state index contributed by atoms with van der Waals surface area (Å²) in [6.07, 6.45) is -0.177. The number of hydrogen-bond donors (Lipinski definition) is 1. The van der Waals surface area contributed by atoms with Crippen LogP contribution in [-0.2, 0) is 4.79 Å². The molecule has 7 heteroatoms. The van der Waals surface area contributed by atoms with E-state index in [9.17, 15) is 9.59 Å². The van der Waals surface area contributed by atoms with Gasteiger partial charge in [-0.15, -0.1) is 0 Å². The van der Waals surface area contributed by atoms with E-state index in [0.29, 0.717) is 38.3 Å². The monoisotopic (exact) mass is 410 g/mol. The molecular formula is C23H28N3O4+. The van der Waals surface area contributed by atoms with Gasteiger partial charge < -0.3 is 24.2 Å². The van der Waals surface area contributed by atoms with E-state index in [0.717, 1.165) is 24.6 Å². The number of hydrogen-bond acceptors (Lipinski definition) is 4. The Morgan fingerprint density at radius 3 is 2.43 bits per heavy atom. The molecule has 0 radical (unpaired) electrons. The number of carbonyl (C=O) groups excluding carboxylic acids is 2. The number of piperazine rings is 1. The fourth-order valence-corrected chi connectivity index (χ4v) is 3.88. The summed E-state index contributed by atoms with van der Waals surface area (Å²) in [5.74, 6) is 1.61. The van der Waals surface area contributed by atoms with Gasteiger partial charge in [-0.05, 0) is 24.3 Å². The SMILES string of the molecule is CN(C[C@H]1COc2ccccc2O1)C(=O)C[NH+]1CCN(C(=O)c2ccccc2)CC1. The van der Waals surface area contributed by atoms with Crippen LogP contribution < -0.4 is 14.4 Å². The number of quaternary nitrogens is 1. The van der Waals surface area contributed by atoms with Gasteiger partial charge in [0.05, 0.1) is 32.7 Å². The first kappa shape index (κ1) is 20.2. The molecule has 0 aliphatic carbocycles. The molecule has 0 spiro atoms. The quantitative estimate of drug-likeness (QED) is 0.772. The largest absolute Gasteiger partial charge is 0.486 e. The highest BCUT2D eigenvalue weighted by molar-refractivity contribution is 5.94. The number of para-hydroxylation sites is 2. The van der Waals surface area contributed by atoms with E-state index in [1.54, 1.807) is 11.9 Å². The summed E-state index contributed by atoms with van der Waals surface area (Å²) in [5.41, 5.74) is 0.716. The highest BCUT2D eigenvalue weighted by Gasteiger charge is 2.28. The first-order valence-electron chi connectivity index (χ1n) is 10.4. The minimum Gasteiger partial charge on any atom is -0.486 e. The summed E-state index contributed by atoms with van der Waals surface area (Å²) >= 11 is 0. The van der Waals surface area contributed by atoms with Crippen LogP contribution in [0.3, 0.4) is 0 Å². The lowest BCUT2D eigenvalue weighted by Gasteiger charge is -2.33. The normalized spacial score (nSPS) is 18.7. The number of fused-ring (bicyclic) bond motifs is 1. The van der Waals surface area contributed by atoms with Crippen molar-refractivity contribution in [2.75, 3.05) is 52.9 Å². The van der Waals surface area contributed by atoms with Gasteiger partial charge in [-0.3, -0.25) is 9.59 Å².